The molecule has 1 unspecified atom stereocenters. The Hall–Kier alpha value is -4.04. The van der Waals surface area contributed by atoms with Crippen molar-refractivity contribution in [3.05, 3.63) is 83.7 Å². The van der Waals surface area contributed by atoms with E-state index in [0.717, 1.165) is 59.8 Å². The Morgan fingerprint density at radius 2 is 1.97 bits per heavy atom. The second kappa shape index (κ2) is 11.1. The molecule has 38 heavy (non-hydrogen) atoms. The van der Waals surface area contributed by atoms with Crippen LogP contribution in [0.25, 0.3) is 34.8 Å². The van der Waals surface area contributed by atoms with Crippen LogP contribution in [-0.4, -0.2) is 37.7 Å². The summed E-state index contributed by atoms with van der Waals surface area (Å²) in [4.78, 5) is 18.7. The van der Waals surface area contributed by atoms with Crippen molar-refractivity contribution in [2.24, 2.45) is 0 Å². The Morgan fingerprint density at radius 1 is 1.16 bits per heavy atom. The second-order valence-electron chi connectivity index (χ2n) is 8.96. The van der Waals surface area contributed by atoms with E-state index >= 15 is 0 Å². The minimum absolute atomic E-state index is 0.0344. The number of imidazole rings is 1. The maximum absolute atomic E-state index is 13.7. The van der Waals surface area contributed by atoms with Crippen molar-refractivity contribution in [2.45, 2.75) is 32.2 Å². The summed E-state index contributed by atoms with van der Waals surface area (Å²) in [5.41, 5.74) is 4.56. The van der Waals surface area contributed by atoms with Gasteiger partial charge in [0.05, 0.1) is 28.8 Å². The van der Waals surface area contributed by atoms with Crippen molar-refractivity contribution < 1.29 is 9.13 Å². The zero-order valence-corrected chi connectivity index (χ0v) is 21.9. The van der Waals surface area contributed by atoms with Crippen LogP contribution in [0.2, 0.25) is 5.02 Å². The van der Waals surface area contributed by atoms with E-state index in [9.17, 15) is 4.39 Å². The maximum atomic E-state index is 13.7. The van der Waals surface area contributed by atoms with Gasteiger partial charge in [0.25, 0.3) is 0 Å². The molecule has 0 saturated carbocycles. The molecule has 0 amide bonds. The number of ether oxygens (including phenoxy) is 1. The van der Waals surface area contributed by atoms with Gasteiger partial charge in [0.15, 0.2) is 0 Å². The molecule has 4 heterocycles. The third kappa shape index (κ3) is 5.04. The highest BCUT2D eigenvalue weighted by Gasteiger charge is 2.31. The highest BCUT2D eigenvalue weighted by Crippen LogP contribution is 2.40. The van der Waals surface area contributed by atoms with Gasteiger partial charge >= 0.3 is 0 Å². The lowest BCUT2D eigenvalue weighted by Gasteiger charge is -2.19. The number of hydrogen-bond acceptors (Lipinski definition) is 6. The molecule has 0 aliphatic carbocycles. The summed E-state index contributed by atoms with van der Waals surface area (Å²) in [6.07, 6.45) is 7.62. The summed E-state index contributed by atoms with van der Waals surface area (Å²) >= 11 is 6.46. The first kappa shape index (κ1) is 25.6. The molecular weight excluding hydrogens is 503 g/mol. The Morgan fingerprint density at radius 3 is 2.71 bits per heavy atom. The van der Waals surface area contributed by atoms with E-state index in [0.29, 0.717) is 29.2 Å². The van der Waals surface area contributed by atoms with Gasteiger partial charge in [-0.3, -0.25) is 0 Å². The maximum Gasteiger partial charge on any atom is 0.233 e. The molecule has 194 valence electrons. The molecule has 4 aromatic rings. The fourth-order valence-corrected chi connectivity index (χ4v) is 4.81. The third-order valence-corrected chi connectivity index (χ3v) is 6.70. The lowest BCUT2D eigenvalue weighted by molar-refractivity contribution is 0.247. The molecule has 7 nitrogen and oxygen atoms in total. The van der Waals surface area contributed by atoms with E-state index < -0.39 is 0 Å². The lowest BCUT2D eigenvalue weighted by Crippen LogP contribution is -2.16. The largest absolute Gasteiger partial charge is 0.474 e. The monoisotopic (exact) mass is 530 g/mol. The van der Waals surface area contributed by atoms with Crippen LogP contribution in [0.15, 0.2) is 55.8 Å². The first-order valence-electron chi connectivity index (χ1n) is 12.5. The normalized spacial score (nSPS) is 14.2. The van der Waals surface area contributed by atoms with Crippen molar-refractivity contribution in [3.8, 4) is 28.5 Å². The standard InChI is InChI=1S/C29H28ClFN6O/c1-4-14-32-29-33-15-13-24(35-29)27-26(19-7-9-20(31)10-8-19)36-25-12-11-21(37(25)27)17-38-28-22(30)16-18(5-2)23(6-3)34-28/h5-10,13,15-16,21H,2-4,11-12,14,17H2,1H3,(H,32,33,35). The van der Waals surface area contributed by atoms with Crippen molar-refractivity contribution in [3.63, 3.8) is 0 Å². The molecule has 0 saturated heterocycles. The van der Waals surface area contributed by atoms with Crippen LogP contribution in [0.1, 0.15) is 42.9 Å². The van der Waals surface area contributed by atoms with Gasteiger partial charge in [0.2, 0.25) is 11.8 Å². The van der Waals surface area contributed by atoms with E-state index in [1.165, 1.54) is 12.1 Å². The smallest absolute Gasteiger partial charge is 0.233 e. The number of pyridine rings is 1. The van der Waals surface area contributed by atoms with Crippen LogP contribution in [0, 0.1) is 5.82 Å². The summed E-state index contributed by atoms with van der Waals surface area (Å²) in [5.74, 6) is 1.51. The van der Waals surface area contributed by atoms with E-state index in [1.807, 2.05) is 6.07 Å². The van der Waals surface area contributed by atoms with Gasteiger partial charge < -0.3 is 14.6 Å². The third-order valence-electron chi connectivity index (χ3n) is 6.43. The zero-order chi connectivity index (χ0) is 26.6. The number of hydrogen-bond donors (Lipinski definition) is 1. The number of aryl methyl sites for hydroxylation is 1. The summed E-state index contributed by atoms with van der Waals surface area (Å²) in [6, 6.07) is 9.96. The van der Waals surface area contributed by atoms with E-state index in [1.54, 1.807) is 36.5 Å². The molecule has 5 rings (SSSR count). The molecule has 0 radical (unpaired) electrons. The number of fused-ring (bicyclic) bond motifs is 1. The molecule has 0 spiro atoms. The highest BCUT2D eigenvalue weighted by molar-refractivity contribution is 6.32. The number of aromatic nitrogens is 5. The minimum atomic E-state index is -0.299. The van der Waals surface area contributed by atoms with Gasteiger partial charge in [-0.05, 0) is 55.3 Å². The topological polar surface area (TPSA) is 77.8 Å². The lowest BCUT2D eigenvalue weighted by atomic mass is 10.1. The molecule has 1 aliphatic rings. The molecule has 1 aliphatic heterocycles. The summed E-state index contributed by atoms with van der Waals surface area (Å²) in [7, 11) is 0. The number of nitrogens with one attached hydrogen (secondary N) is 1. The van der Waals surface area contributed by atoms with Gasteiger partial charge in [-0.15, -0.1) is 0 Å². The number of nitrogens with zero attached hydrogens (tertiary/aromatic N) is 5. The summed E-state index contributed by atoms with van der Waals surface area (Å²) in [5, 5.41) is 3.66. The van der Waals surface area contributed by atoms with Gasteiger partial charge in [0.1, 0.15) is 23.3 Å². The molecular formula is C29H28ClFN6O. The van der Waals surface area contributed by atoms with Crippen LogP contribution in [0.3, 0.4) is 0 Å². The first-order valence-corrected chi connectivity index (χ1v) is 12.9. The van der Waals surface area contributed by atoms with Crippen LogP contribution in [0.5, 0.6) is 5.88 Å². The van der Waals surface area contributed by atoms with E-state index in [4.69, 9.17) is 26.3 Å². The van der Waals surface area contributed by atoms with E-state index in [-0.39, 0.29) is 11.9 Å². The summed E-state index contributed by atoms with van der Waals surface area (Å²) in [6.45, 7) is 10.8. The van der Waals surface area contributed by atoms with Crippen LogP contribution >= 0.6 is 11.6 Å². The Labute approximate surface area is 226 Å². The Bertz CT molecular complexity index is 1480. The molecule has 1 aromatic carbocycles. The van der Waals surface area contributed by atoms with Crippen molar-refractivity contribution >= 4 is 29.7 Å². The Balaban J connectivity index is 1.54. The number of benzene rings is 1. The fourth-order valence-electron chi connectivity index (χ4n) is 4.60. The van der Waals surface area contributed by atoms with Crippen molar-refractivity contribution in [2.75, 3.05) is 18.5 Å². The van der Waals surface area contributed by atoms with Gasteiger partial charge in [-0.1, -0.05) is 37.8 Å². The van der Waals surface area contributed by atoms with E-state index in [2.05, 4.69) is 39.9 Å². The number of anilines is 1. The Kier molecular flexibility index (Phi) is 7.51. The molecule has 1 N–H and O–H groups in total. The van der Waals surface area contributed by atoms with Crippen LogP contribution < -0.4 is 10.1 Å². The highest BCUT2D eigenvalue weighted by atomic mass is 35.5. The van der Waals surface area contributed by atoms with Gasteiger partial charge in [0, 0.05) is 30.3 Å². The zero-order valence-electron chi connectivity index (χ0n) is 21.1. The van der Waals surface area contributed by atoms with Crippen molar-refractivity contribution in [1.82, 2.24) is 24.5 Å². The quantitative estimate of drug-likeness (QED) is 0.241. The molecule has 0 fully saturated rings. The number of halogens is 2. The minimum Gasteiger partial charge on any atom is -0.474 e. The average Bonchev–Trinajstić information content (AvgIpc) is 3.51. The van der Waals surface area contributed by atoms with Crippen molar-refractivity contribution in [1.29, 1.82) is 0 Å². The molecule has 0 bridgehead atoms. The molecule has 9 heteroatoms. The predicted octanol–water partition coefficient (Wildman–Crippen LogP) is 6.87. The first-order chi connectivity index (χ1) is 18.5. The SMILES string of the molecule is C=Cc1cc(Cl)c(OCC2CCc3nc(-c4ccc(F)cc4)c(-c4ccnc(NCCC)n4)n32)nc1C=C. The van der Waals surface area contributed by atoms with Crippen LogP contribution in [-0.2, 0) is 6.42 Å². The average molecular weight is 531 g/mol. The van der Waals surface area contributed by atoms with Gasteiger partial charge in [-0.25, -0.2) is 24.3 Å². The van der Waals surface area contributed by atoms with Crippen LogP contribution in [0.4, 0.5) is 10.3 Å². The summed E-state index contributed by atoms with van der Waals surface area (Å²) < 4.78 is 22.0. The molecule has 3 aromatic heterocycles. The fraction of sp³-hybridized carbons (Fsp3) is 0.241. The molecule has 1 atom stereocenters. The predicted molar refractivity (Wildman–Crippen MR) is 150 cm³/mol. The second-order valence-corrected chi connectivity index (χ2v) is 9.36. The number of rotatable bonds is 10. The van der Waals surface area contributed by atoms with Gasteiger partial charge in [-0.2, -0.15) is 0 Å².